The smallest absolute Gasteiger partial charge is 0.270 e. The highest BCUT2D eigenvalue weighted by molar-refractivity contribution is 7.07. The number of anilines is 2. The highest BCUT2D eigenvalue weighted by Gasteiger charge is 2.15. The zero-order chi connectivity index (χ0) is 27.2. The molecule has 2 N–H and O–H groups in total. The summed E-state index contributed by atoms with van der Waals surface area (Å²) in [7, 11) is 1.68. The van der Waals surface area contributed by atoms with E-state index in [0.717, 1.165) is 22.5 Å². The van der Waals surface area contributed by atoms with Crippen molar-refractivity contribution in [2.75, 3.05) is 12.4 Å². The lowest BCUT2D eigenvalue weighted by atomic mass is 10.1. The predicted octanol–water partition coefficient (Wildman–Crippen LogP) is 5.04. The van der Waals surface area contributed by atoms with Gasteiger partial charge in [0.05, 0.1) is 18.0 Å². The molecular formula is C28H25N9OS. The average Bonchev–Trinajstić information content (AvgIpc) is 3.40. The van der Waals surface area contributed by atoms with Gasteiger partial charge in [-0.05, 0) is 49.1 Å². The SMILES string of the molecule is CN=Cc1nc(Nc2cc(C)nc(-c3ccc(C(=O)NC(C)c4ccc(-c5ccccc5)nc4)nc3)n2)ns1. The predicted molar refractivity (Wildman–Crippen MR) is 152 cm³/mol. The highest BCUT2D eigenvalue weighted by atomic mass is 32.1. The van der Waals surface area contributed by atoms with Gasteiger partial charge in [-0.25, -0.2) is 9.97 Å². The molecule has 4 aromatic heterocycles. The molecule has 1 amide bonds. The maximum atomic E-state index is 12.9. The van der Waals surface area contributed by atoms with E-state index in [9.17, 15) is 4.79 Å². The fourth-order valence-corrected chi connectivity index (χ4v) is 4.33. The Balaban J connectivity index is 1.25. The number of carbonyl (C=O) groups excluding carboxylic acids is 1. The van der Waals surface area contributed by atoms with Gasteiger partial charge in [0.15, 0.2) is 10.8 Å². The van der Waals surface area contributed by atoms with Crippen LogP contribution in [0.25, 0.3) is 22.6 Å². The minimum atomic E-state index is -0.283. The largest absolute Gasteiger partial charge is 0.344 e. The molecule has 0 aliphatic rings. The summed E-state index contributed by atoms with van der Waals surface area (Å²) < 4.78 is 4.26. The van der Waals surface area contributed by atoms with Gasteiger partial charge in [0.2, 0.25) is 5.95 Å². The lowest BCUT2D eigenvalue weighted by Gasteiger charge is -2.14. The van der Waals surface area contributed by atoms with Crippen LogP contribution in [0.15, 0.2) is 78.0 Å². The molecule has 5 rings (SSSR count). The number of nitrogens with one attached hydrogen (secondary N) is 2. The third-order valence-corrected chi connectivity index (χ3v) is 6.38. The topological polar surface area (TPSA) is 131 Å². The molecule has 10 nitrogen and oxygen atoms in total. The van der Waals surface area contributed by atoms with Crippen molar-refractivity contribution in [2.45, 2.75) is 19.9 Å². The average molecular weight is 536 g/mol. The number of rotatable bonds is 8. The Kier molecular flexibility index (Phi) is 7.69. The van der Waals surface area contributed by atoms with Gasteiger partial charge in [0, 0.05) is 42.3 Å². The zero-order valence-corrected chi connectivity index (χ0v) is 22.3. The Morgan fingerprint density at radius 3 is 2.54 bits per heavy atom. The van der Waals surface area contributed by atoms with E-state index in [2.05, 4.69) is 44.9 Å². The number of hydrogen-bond donors (Lipinski definition) is 2. The standard InChI is InChI=1S/C28H25N9OS/c1-17-13-24(35-28-36-25(16-29-3)39-37-28)34-26(32-17)21-10-12-23(31-15-21)27(38)33-18(2)20-9-11-22(30-14-20)19-7-5-4-6-8-19/h4-16,18H,1-3H3,(H,33,38)(H,32,34,35,37). The molecule has 0 saturated heterocycles. The number of aryl methyl sites for hydroxylation is 1. The Bertz CT molecular complexity index is 1600. The summed E-state index contributed by atoms with van der Waals surface area (Å²) >= 11 is 1.24. The molecule has 0 saturated carbocycles. The molecule has 39 heavy (non-hydrogen) atoms. The van der Waals surface area contributed by atoms with E-state index in [-0.39, 0.29) is 11.9 Å². The third-order valence-electron chi connectivity index (χ3n) is 5.73. The number of carbonyl (C=O) groups is 1. The molecule has 0 aliphatic carbocycles. The van der Waals surface area contributed by atoms with Crippen molar-refractivity contribution < 1.29 is 4.79 Å². The maximum Gasteiger partial charge on any atom is 0.270 e. The molecule has 0 aliphatic heterocycles. The van der Waals surface area contributed by atoms with Gasteiger partial charge in [-0.15, -0.1) is 0 Å². The molecule has 194 valence electrons. The van der Waals surface area contributed by atoms with Crippen LogP contribution in [0.2, 0.25) is 0 Å². The Labute approximate surface area is 229 Å². The number of nitrogens with zero attached hydrogens (tertiary/aromatic N) is 7. The Morgan fingerprint density at radius 2 is 1.82 bits per heavy atom. The summed E-state index contributed by atoms with van der Waals surface area (Å²) in [6.07, 6.45) is 5.01. The van der Waals surface area contributed by atoms with Gasteiger partial charge < -0.3 is 10.6 Å². The van der Waals surface area contributed by atoms with Crippen LogP contribution in [0, 0.1) is 6.92 Å². The summed E-state index contributed by atoms with van der Waals surface area (Å²) in [5, 5.41) is 6.77. The molecule has 5 aromatic rings. The first-order valence-electron chi connectivity index (χ1n) is 12.2. The van der Waals surface area contributed by atoms with Gasteiger partial charge in [-0.2, -0.15) is 9.36 Å². The first-order chi connectivity index (χ1) is 19.0. The number of pyridine rings is 2. The van der Waals surface area contributed by atoms with Crippen molar-refractivity contribution in [2.24, 2.45) is 4.99 Å². The van der Waals surface area contributed by atoms with E-state index in [1.165, 1.54) is 11.5 Å². The van der Waals surface area contributed by atoms with Gasteiger partial charge in [0.1, 0.15) is 11.5 Å². The van der Waals surface area contributed by atoms with Crippen molar-refractivity contribution in [1.29, 1.82) is 0 Å². The van der Waals surface area contributed by atoms with E-state index in [1.807, 2.05) is 56.3 Å². The van der Waals surface area contributed by atoms with Crippen molar-refractivity contribution >= 4 is 35.4 Å². The summed E-state index contributed by atoms with van der Waals surface area (Å²) in [5.41, 5.74) is 4.55. The van der Waals surface area contributed by atoms with Crippen LogP contribution in [0.4, 0.5) is 11.8 Å². The number of hydrogen-bond acceptors (Lipinski definition) is 10. The van der Waals surface area contributed by atoms with Crippen molar-refractivity contribution in [3.8, 4) is 22.6 Å². The fourth-order valence-electron chi connectivity index (χ4n) is 3.78. The molecule has 11 heteroatoms. The third kappa shape index (κ3) is 6.33. The number of benzene rings is 1. The minimum Gasteiger partial charge on any atom is -0.344 e. The quantitative estimate of drug-likeness (QED) is 0.264. The van der Waals surface area contributed by atoms with E-state index < -0.39 is 0 Å². The van der Waals surface area contributed by atoms with Crippen LogP contribution < -0.4 is 10.6 Å². The van der Waals surface area contributed by atoms with E-state index >= 15 is 0 Å². The summed E-state index contributed by atoms with van der Waals surface area (Å²) in [6, 6.07) is 18.9. The summed E-state index contributed by atoms with van der Waals surface area (Å²) in [4.78, 5) is 39.1. The number of aliphatic imine (C=N–C) groups is 1. The van der Waals surface area contributed by atoms with Crippen molar-refractivity contribution in [3.05, 3.63) is 95.0 Å². The van der Waals surface area contributed by atoms with Gasteiger partial charge in [0.25, 0.3) is 5.91 Å². The van der Waals surface area contributed by atoms with Gasteiger partial charge in [-0.3, -0.25) is 19.8 Å². The number of aromatic nitrogens is 6. The second-order valence-electron chi connectivity index (χ2n) is 8.66. The zero-order valence-electron chi connectivity index (χ0n) is 21.5. The van der Waals surface area contributed by atoms with E-state index in [0.29, 0.717) is 33.9 Å². The molecule has 0 fully saturated rings. The molecule has 0 bridgehead atoms. The summed E-state index contributed by atoms with van der Waals surface area (Å²) in [5.74, 6) is 1.18. The van der Waals surface area contributed by atoms with E-state index in [1.54, 1.807) is 43.9 Å². The van der Waals surface area contributed by atoms with Crippen LogP contribution in [0.1, 0.15) is 39.7 Å². The van der Waals surface area contributed by atoms with Crippen molar-refractivity contribution in [3.63, 3.8) is 0 Å². The minimum absolute atomic E-state index is 0.242. The second-order valence-corrected chi connectivity index (χ2v) is 9.44. The fraction of sp³-hybridized carbons (Fsp3) is 0.143. The molecule has 1 unspecified atom stereocenters. The Morgan fingerprint density at radius 1 is 0.974 bits per heavy atom. The van der Waals surface area contributed by atoms with Crippen LogP contribution in [-0.2, 0) is 0 Å². The highest BCUT2D eigenvalue weighted by Crippen LogP contribution is 2.21. The van der Waals surface area contributed by atoms with Crippen molar-refractivity contribution in [1.82, 2.24) is 34.6 Å². The lowest BCUT2D eigenvalue weighted by Crippen LogP contribution is -2.27. The molecule has 1 atom stereocenters. The summed E-state index contributed by atoms with van der Waals surface area (Å²) in [6.45, 7) is 3.79. The monoisotopic (exact) mass is 535 g/mol. The molecule has 1 aromatic carbocycles. The maximum absolute atomic E-state index is 12.9. The number of amides is 1. The van der Waals surface area contributed by atoms with Gasteiger partial charge in [-0.1, -0.05) is 36.4 Å². The molecule has 0 radical (unpaired) electrons. The van der Waals surface area contributed by atoms with Crippen LogP contribution in [0.3, 0.4) is 0 Å². The van der Waals surface area contributed by atoms with Gasteiger partial charge >= 0.3 is 0 Å². The molecular weight excluding hydrogens is 510 g/mol. The first kappa shape index (κ1) is 25.7. The normalized spacial score (nSPS) is 11.9. The molecule has 0 spiro atoms. The van der Waals surface area contributed by atoms with E-state index in [4.69, 9.17) is 0 Å². The van der Waals surface area contributed by atoms with Crippen LogP contribution in [-0.4, -0.2) is 48.5 Å². The van der Waals surface area contributed by atoms with Crippen LogP contribution >= 0.6 is 11.5 Å². The molecule has 4 heterocycles. The van der Waals surface area contributed by atoms with Crippen LogP contribution in [0.5, 0.6) is 0 Å². The lowest BCUT2D eigenvalue weighted by molar-refractivity contribution is 0.0935. The Hall–Kier alpha value is -4.90. The second kappa shape index (κ2) is 11.7. The first-order valence-corrected chi connectivity index (χ1v) is 12.9.